The quantitative estimate of drug-likeness (QED) is 0.193. The van der Waals surface area contributed by atoms with Gasteiger partial charge >= 0.3 is 5.97 Å². The highest BCUT2D eigenvalue weighted by Crippen LogP contribution is 2.33. The molecule has 0 aliphatic carbocycles. The number of hydrogen-bond donors (Lipinski definition) is 0. The number of nitrogens with zero attached hydrogens (tertiary/aromatic N) is 1. The molecule has 0 fully saturated rings. The van der Waals surface area contributed by atoms with E-state index in [1.54, 1.807) is 0 Å². The van der Waals surface area contributed by atoms with Crippen LogP contribution >= 0.6 is 11.6 Å². The van der Waals surface area contributed by atoms with Crippen LogP contribution in [-0.4, -0.2) is 11.0 Å². The smallest absolute Gasteiger partial charge is 0.344 e. The lowest BCUT2D eigenvalue weighted by Crippen LogP contribution is -2.13. The minimum Gasteiger partial charge on any atom is -0.423 e. The molecule has 5 rings (SSSR count). The first-order valence-corrected chi connectivity index (χ1v) is 11.8. The highest BCUT2D eigenvalue weighted by Gasteiger charge is 2.22. The van der Waals surface area contributed by atoms with Crippen molar-refractivity contribution in [2.75, 3.05) is 0 Å². The molecule has 0 amide bonds. The Labute approximate surface area is 210 Å². The molecule has 1 heterocycles. The van der Waals surface area contributed by atoms with Gasteiger partial charge in [0.25, 0.3) is 0 Å². The molecule has 3 nitrogen and oxygen atoms in total. The van der Waals surface area contributed by atoms with Crippen LogP contribution in [-0.2, 0) is 0 Å². The van der Waals surface area contributed by atoms with Crippen LogP contribution in [0.3, 0.4) is 0 Å². The van der Waals surface area contributed by atoms with E-state index in [1.165, 1.54) is 0 Å². The van der Waals surface area contributed by atoms with Crippen LogP contribution < -0.4 is 4.74 Å². The number of ether oxygens (including phenoxy) is 1. The average molecular weight is 478 g/mol. The molecule has 5 aromatic rings. The lowest BCUT2D eigenvalue weighted by molar-refractivity contribution is 0.0736. The molecular formula is C31H24ClNO2. The molecule has 4 heteroatoms. The summed E-state index contributed by atoms with van der Waals surface area (Å²) >= 11 is 6.10. The van der Waals surface area contributed by atoms with Crippen molar-refractivity contribution in [1.82, 2.24) is 4.98 Å². The lowest BCUT2D eigenvalue weighted by Gasteiger charge is -2.16. The highest BCUT2D eigenvalue weighted by molar-refractivity contribution is 6.30. The Hall–Kier alpha value is -3.95. The third-order valence-corrected chi connectivity index (χ3v) is 6.41. The van der Waals surface area contributed by atoms with E-state index in [9.17, 15) is 4.79 Å². The van der Waals surface area contributed by atoms with Crippen molar-refractivity contribution >= 4 is 28.5 Å². The first-order chi connectivity index (χ1) is 16.9. The van der Waals surface area contributed by atoms with E-state index in [4.69, 9.17) is 21.3 Å². The van der Waals surface area contributed by atoms with Gasteiger partial charge in [-0.25, -0.2) is 9.78 Å². The summed E-state index contributed by atoms with van der Waals surface area (Å²) in [6, 6.07) is 29.3. The highest BCUT2D eigenvalue weighted by atomic mass is 35.5. The molecule has 0 saturated heterocycles. The summed E-state index contributed by atoms with van der Waals surface area (Å²) in [5.74, 6) is 0.0963. The Balaban J connectivity index is 1.58. The monoisotopic (exact) mass is 477 g/mol. The van der Waals surface area contributed by atoms with Crippen molar-refractivity contribution in [2.24, 2.45) is 0 Å². The maximum absolute atomic E-state index is 13.6. The molecule has 0 unspecified atom stereocenters. The van der Waals surface area contributed by atoms with Gasteiger partial charge in [0.1, 0.15) is 5.75 Å². The molecule has 0 saturated carbocycles. The van der Waals surface area contributed by atoms with Gasteiger partial charge in [0.05, 0.1) is 16.8 Å². The molecule has 4 aromatic carbocycles. The molecule has 1 aromatic heterocycles. The van der Waals surface area contributed by atoms with Crippen LogP contribution in [0.4, 0.5) is 0 Å². The summed E-state index contributed by atoms with van der Waals surface area (Å²) in [5, 5.41) is 1.45. The van der Waals surface area contributed by atoms with Gasteiger partial charge in [-0.05, 0) is 73.4 Å². The molecule has 0 aliphatic rings. The normalized spacial score (nSPS) is 11.0. The lowest BCUT2D eigenvalue weighted by atomic mass is 9.95. The number of carbonyl (C=O) groups excluding carboxylic acids is 1. The Kier molecular flexibility index (Phi) is 6.10. The second-order valence-corrected chi connectivity index (χ2v) is 9.16. The average Bonchev–Trinajstić information content (AvgIpc) is 2.85. The summed E-state index contributed by atoms with van der Waals surface area (Å²) in [4.78, 5) is 18.6. The van der Waals surface area contributed by atoms with E-state index in [2.05, 4.69) is 18.2 Å². The first kappa shape index (κ1) is 22.8. The number of esters is 1. The van der Waals surface area contributed by atoms with E-state index in [-0.39, 0.29) is 0 Å². The molecule has 0 radical (unpaired) electrons. The number of rotatable bonds is 4. The number of carbonyl (C=O) groups is 1. The fourth-order valence-corrected chi connectivity index (χ4v) is 4.60. The summed E-state index contributed by atoms with van der Waals surface area (Å²) in [6.07, 6.45) is 0. The number of aryl methyl sites for hydroxylation is 2. The van der Waals surface area contributed by atoms with Gasteiger partial charge in [-0.2, -0.15) is 0 Å². The molecule has 35 heavy (non-hydrogen) atoms. The van der Waals surface area contributed by atoms with Crippen LogP contribution in [0.2, 0.25) is 5.02 Å². The molecule has 0 atom stereocenters. The van der Waals surface area contributed by atoms with Crippen LogP contribution in [0.25, 0.3) is 33.3 Å². The zero-order valence-corrected chi connectivity index (χ0v) is 20.6. The van der Waals surface area contributed by atoms with Crippen LogP contribution in [0.5, 0.6) is 5.75 Å². The van der Waals surface area contributed by atoms with Gasteiger partial charge in [0.15, 0.2) is 0 Å². The fraction of sp³-hybridized carbons (Fsp3) is 0.0968. The zero-order chi connectivity index (χ0) is 24.5. The number of fused-ring (bicyclic) bond motifs is 1. The maximum atomic E-state index is 13.6. The van der Waals surface area contributed by atoms with E-state index in [1.807, 2.05) is 93.6 Å². The Morgan fingerprint density at radius 2 is 1.40 bits per heavy atom. The van der Waals surface area contributed by atoms with Gasteiger partial charge in [-0.15, -0.1) is 0 Å². The standard InChI is InChI=1S/C31H24ClNO2/c1-19-17-20(2)29-27(18-19)28(21(3)30(33-29)24-9-13-25(32)14-10-24)31(34)35-26-15-11-23(12-16-26)22-7-5-4-6-8-22/h4-18H,1-3H3. The summed E-state index contributed by atoms with van der Waals surface area (Å²) < 4.78 is 5.88. The minimum absolute atomic E-state index is 0.400. The largest absolute Gasteiger partial charge is 0.423 e. The van der Waals surface area contributed by atoms with Gasteiger partial charge in [-0.1, -0.05) is 77.8 Å². The predicted octanol–water partition coefficient (Wildman–Crippen LogP) is 8.37. The van der Waals surface area contributed by atoms with Crippen molar-refractivity contribution < 1.29 is 9.53 Å². The number of aromatic nitrogens is 1. The summed E-state index contributed by atoms with van der Waals surface area (Å²) in [5.41, 5.74) is 7.98. The van der Waals surface area contributed by atoms with Crippen molar-refractivity contribution in [2.45, 2.75) is 20.8 Å². The van der Waals surface area contributed by atoms with Gasteiger partial charge in [0.2, 0.25) is 0 Å². The van der Waals surface area contributed by atoms with Gasteiger partial charge in [-0.3, -0.25) is 0 Å². The Morgan fingerprint density at radius 1 is 0.771 bits per heavy atom. The van der Waals surface area contributed by atoms with E-state index in [0.717, 1.165) is 50.0 Å². The Bertz CT molecular complexity index is 1540. The molecule has 0 aliphatic heterocycles. The van der Waals surface area contributed by atoms with Crippen molar-refractivity contribution in [1.29, 1.82) is 0 Å². The van der Waals surface area contributed by atoms with Gasteiger partial charge in [0, 0.05) is 16.0 Å². The van der Waals surface area contributed by atoms with Crippen LogP contribution in [0, 0.1) is 20.8 Å². The molecule has 0 bridgehead atoms. The van der Waals surface area contributed by atoms with Crippen molar-refractivity contribution in [3.63, 3.8) is 0 Å². The maximum Gasteiger partial charge on any atom is 0.344 e. The molecule has 0 N–H and O–H groups in total. The second-order valence-electron chi connectivity index (χ2n) is 8.73. The van der Waals surface area contributed by atoms with Crippen molar-refractivity contribution in [3.8, 4) is 28.1 Å². The van der Waals surface area contributed by atoms with Crippen LogP contribution in [0.15, 0.2) is 91.0 Å². The Morgan fingerprint density at radius 3 is 2.09 bits per heavy atom. The van der Waals surface area contributed by atoms with E-state index < -0.39 is 5.97 Å². The van der Waals surface area contributed by atoms with E-state index >= 15 is 0 Å². The first-order valence-electron chi connectivity index (χ1n) is 11.5. The second kappa shape index (κ2) is 9.36. The summed E-state index contributed by atoms with van der Waals surface area (Å²) in [6.45, 7) is 5.95. The number of pyridine rings is 1. The third kappa shape index (κ3) is 4.55. The molecular weight excluding hydrogens is 454 g/mol. The minimum atomic E-state index is -0.400. The SMILES string of the molecule is Cc1cc(C)c2nc(-c3ccc(Cl)cc3)c(C)c(C(=O)Oc3ccc(-c4ccccc4)cc3)c2c1. The molecule has 0 spiro atoms. The van der Waals surface area contributed by atoms with Crippen LogP contribution in [0.1, 0.15) is 27.0 Å². The third-order valence-electron chi connectivity index (χ3n) is 6.16. The zero-order valence-electron chi connectivity index (χ0n) is 19.8. The molecule has 172 valence electrons. The van der Waals surface area contributed by atoms with E-state index in [0.29, 0.717) is 16.3 Å². The number of benzene rings is 4. The van der Waals surface area contributed by atoms with Gasteiger partial charge < -0.3 is 4.74 Å². The van der Waals surface area contributed by atoms with Crippen molar-refractivity contribution in [3.05, 3.63) is 118 Å². The number of hydrogen-bond acceptors (Lipinski definition) is 3. The summed E-state index contributed by atoms with van der Waals surface area (Å²) in [7, 11) is 0. The predicted molar refractivity (Wildman–Crippen MR) is 143 cm³/mol. The fourth-order valence-electron chi connectivity index (χ4n) is 4.47. The topological polar surface area (TPSA) is 39.2 Å². The number of halogens is 1.